The zero-order chi connectivity index (χ0) is 18.6. The number of ether oxygens (including phenoxy) is 1. The van der Waals surface area contributed by atoms with E-state index in [-0.39, 0.29) is 5.56 Å². The van der Waals surface area contributed by atoms with Gasteiger partial charge in [0.25, 0.3) is 6.43 Å². The molecule has 0 spiro atoms. The monoisotopic (exact) mass is 360 g/mol. The lowest BCUT2D eigenvalue weighted by atomic mass is 10.00. The van der Waals surface area contributed by atoms with Crippen molar-refractivity contribution in [2.45, 2.75) is 26.2 Å². The number of halogens is 6. The molecule has 0 aliphatic rings. The van der Waals surface area contributed by atoms with Crippen LogP contribution in [0, 0.1) is 23.3 Å². The van der Waals surface area contributed by atoms with Gasteiger partial charge in [0.1, 0.15) is 11.6 Å². The Morgan fingerprint density at radius 3 is 1.96 bits per heavy atom. The van der Waals surface area contributed by atoms with Gasteiger partial charge in [-0.1, -0.05) is 13.3 Å². The Kier molecular flexibility index (Phi) is 6.12. The fraction of sp³-hybridized carbons (Fsp3) is 0.222. The number of allylic oxidation sites excluding steroid dienone is 1. The fourth-order valence-corrected chi connectivity index (χ4v) is 2.32. The lowest BCUT2D eigenvalue weighted by molar-refractivity contribution is 0.200. The Hall–Kier alpha value is -2.44. The van der Waals surface area contributed by atoms with Crippen LogP contribution in [0.5, 0.6) is 5.75 Å². The quantitative estimate of drug-likeness (QED) is 0.452. The molecule has 0 saturated heterocycles. The first kappa shape index (κ1) is 18.9. The van der Waals surface area contributed by atoms with E-state index in [2.05, 4.69) is 4.74 Å². The highest BCUT2D eigenvalue weighted by Gasteiger charge is 2.19. The van der Waals surface area contributed by atoms with Crippen LogP contribution in [-0.2, 0) is 6.42 Å². The summed E-state index contributed by atoms with van der Waals surface area (Å²) < 4.78 is 84.6. The van der Waals surface area contributed by atoms with Crippen molar-refractivity contribution in [1.29, 1.82) is 0 Å². The molecule has 0 amide bonds. The molecule has 7 heteroatoms. The molecule has 2 rings (SSSR count). The van der Waals surface area contributed by atoms with Gasteiger partial charge >= 0.3 is 0 Å². The molecule has 0 heterocycles. The minimum absolute atomic E-state index is 0.290. The molecule has 134 valence electrons. The molecule has 0 aliphatic carbocycles. The van der Waals surface area contributed by atoms with Crippen LogP contribution in [0.25, 0.3) is 11.1 Å². The van der Waals surface area contributed by atoms with Crippen LogP contribution in [0.2, 0.25) is 0 Å². The third kappa shape index (κ3) is 4.55. The Morgan fingerprint density at radius 1 is 0.920 bits per heavy atom. The van der Waals surface area contributed by atoms with Gasteiger partial charge in [0.05, 0.1) is 11.8 Å². The van der Waals surface area contributed by atoms with E-state index >= 15 is 0 Å². The summed E-state index contributed by atoms with van der Waals surface area (Å²) in [5.74, 6) is -5.39. The highest BCUT2D eigenvalue weighted by Crippen LogP contribution is 2.33. The van der Waals surface area contributed by atoms with Crippen molar-refractivity contribution in [3.8, 4) is 16.9 Å². The van der Waals surface area contributed by atoms with E-state index in [4.69, 9.17) is 0 Å². The molecule has 0 radical (unpaired) electrons. The van der Waals surface area contributed by atoms with E-state index in [1.807, 2.05) is 6.92 Å². The Bertz CT molecular complexity index is 739. The van der Waals surface area contributed by atoms with E-state index < -0.39 is 41.0 Å². The second kappa shape index (κ2) is 8.09. The minimum Gasteiger partial charge on any atom is -0.459 e. The van der Waals surface area contributed by atoms with Gasteiger partial charge in [-0.3, -0.25) is 0 Å². The topological polar surface area (TPSA) is 9.23 Å². The lowest BCUT2D eigenvalue weighted by Gasteiger charge is -2.11. The van der Waals surface area contributed by atoms with E-state index in [9.17, 15) is 26.3 Å². The molecular weight excluding hydrogens is 346 g/mol. The average molecular weight is 360 g/mol. The van der Waals surface area contributed by atoms with Crippen LogP contribution < -0.4 is 4.74 Å². The van der Waals surface area contributed by atoms with Crippen molar-refractivity contribution in [2.75, 3.05) is 0 Å². The molecular formula is C18H14F6O. The van der Waals surface area contributed by atoms with E-state index in [1.165, 1.54) is 0 Å². The largest absolute Gasteiger partial charge is 0.459 e. The number of hydrogen-bond donors (Lipinski definition) is 0. The van der Waals surface area contributed by atoms with Crippen LogP contribution >= 0.6 is 0 Å². The summed E-state index contributed by atoms with van der Waals surface area (Å²) >= 11 is 0. The van der Waals surface area contributed by atoms with E-state index in [1.54, 1.807) is 0 Å². The van der Waals surface area contributed by atoms with Crippen LogP contribution in [0.4, 0.5) is 26.3 Å². The molecule has 2 aromatic rings. The number of rotatable bonds is 6. The van der Waals surface area contributed by atoms with Crippen LogP contribution in [0.15, 0.2) is 36.6 Å². The van der Waals surface area contributed by atoms with Crippen LogP contribution in [0.3, 0.4) is 0 Å². The summed E-state index contributed by atoms with van der Waals surface area (Å²) in [7, 11) is 0. The first-order chi connectivity index (χ1) is 11.8. The molecule has 1 nitrogen and oxygen atoms in total. The van der Waals surface area contributed by atoms with Crippen molar-refractivity contribution in [2.24, 2.45) is 0 Å². The summed E-state index contributed by atoms with van der Waals surface area (Å²) in [6.45, 7) is 1.84. The van der Waals surface area contributed by atoms with Gasteiger partial charge in [-0.25, -0.2) is 26.3 Å². The van der Waals surface area contributed by atoms with Gasteiger partial charge in [0, 0.05) is 6.08 Å². The summed E-state index contributed by atoms with van der Waals surface area (Å²) in [6, 6.07) is 3.56. The second-order valence-corrected chi connectivity index (χ2v) is 5.23. The predicted octanol–water partition coefficient (Wildman–Crippen LogP) is 6.02. The van der Waals surface area contributed by atoms with Crippen LogP contribution in [-0.4, -0.2) is 6.43 Å². The molecule has 0 N–H and O–H groups in total. The molecule has 0 atom stereocenters. The predicted molar refractivity (Wildman–Crippen MR) is 81.5 cm³/mol. The fourth-order valence-electron chi connectivity index (χ4n) is 2.32. The first-order valence-electron chi connectivity index (χ1n) is 7.42. The molecule has 0 aromatic heterocycles. The van der Waals surface area contributed by atoms with Crippen molar-refractivity contribution >= 4 is 0 Å². The third-order valence-electron chi connectivity index (χ3n) is 3.34. The Labute approximate surface area is 140 Å². The normalized spacial score (nSPS) is 11.5. The number of aryl methyl sites for hydroxylation is 1. The summed E-state index contributed by atoms with van der Waals surface area (Å²) in [5.41, 5.74) is -0.509. The third-order valence-corrected chi connectivity index (χ3v) is 3.34. The van der Waals surface area contributed by atoms with Crippen molar-refractivity contribution < 1.29 is 31.1 Å². The minimum atomic E-state index is -2.85. The average Bonchev–Trinajstić information content (AvgIpc) is 2.49. The van der Waals surface area contributed by atoms with Gasteiger partial charge in [-0.2, -0.15) is 0 Å². The van der Waals surface area contributed by atoms with Crippen molar-refractivity contribution in [1.82, 2.24) is 0 Å². The van der Waals surface area contributed by atoms with Crippen molar-refractivity contribution in [3.63, 3.8) is 0 Å². The Morgan fingerprint density at radius 2 is 1.48 bits per heavy atom. The van der Waals surface area contributed by atoms with Gasteiger partial charge in [0.2, 0.25) is 0 Å². The van der Waals surface area contributed by atoms with Crippen molar-refractivity contribution in [3.05, 3.63) is 65.4 Å². The molecule has 0 saturated carbocycles. The smallest absolute Gasteiger partial charge is 0.260 e. The zero-order valence-corrected chi connectivity index (χ0v) is 13.1. The second-order valence-electron chi connectivity index (χ2n) is 5.23. The first-order valence-corrected chi connectivity index (χ1v) is 7.42. The SMILES string of the molecule is CCCc1cc(F)c(-c2cc(F)c(O/C=C/C(F)F)c(F)c2)c(F)c1. The van der Waals surface area contributed by atoms with Gasteiger partial charge in [0.15, 0.2) is 17.4 Å². The number of benzene rings is 2. The molecule has 0 fully saturated rings. The Balaban J connectivity index is 2.42. The summed E-state index contributed by atoms with van der Waals surface area (Å²) in [6.07, 6.45) is -0.986. The van der Waals surface area contributed by atoms with Gasteiger partial charge in [-0.05, 0) is 41.8 Å². The maximum Gasteiger partial charge on any atom is 0.260 e. The maximum absolute atomic E-state index is 14.2. The highest BCUT2D eigenvalue weighted by atomic mass is 19.3. The highest BCUT2D eigenvalue weighted by molar-refractivity contribution is 5.66. The molecule has 0 unspecified atom stereocenters. The van der Waals surface area contributed by atoms with Gasteiger partial charge < -0.3 is 4.74 Å². The van der Waals surface area contributed by atoms with Gasteiger partial charge in [-0.15, -0.1) is 0 Å². The van der Waals surface area contributed by atoms with Crippen LogP contribution in [0.1, 0.15) is 18.9 Å². The standard InChI is InChI=1S/C18H14F6O/c1-2-3-10-6-12(19)17(13(20)7-10)11-8-14(21)18(15(22)9-11)25-5-4-16(23)24/h4-9,16H,2-3H2,1H3/b5-4+. The maximum atomic E-state index is 14.2. The molecule has 0 aliphatic heterocycles. The number of hydrogen-bond acceptors (Lipinski definition) is 1. The zero-order valence-electron chi connectivity index (χ0n) is 13.1. The molecule has 0 bridgehead atoms. The summed E-state index contributed by atoms with van der Waals surface area (Å²) in [4.78, 5) is 0. The molecule has 2 aromatic carbocycles. The molecule has 25 heavy (non-hydrogen) atoms. The number of alkyl halides is 2. The van der Waals surface area contributed by atoms with E-state index in [0.29, 0.717) is 42.9 Å². The van der Waals surface area contributed by atoms with E-state index in [0.717, 1.165) is 12.1 Å². The lowest BCUT2D eigenvalue weighted by Crippen LogP contribution is -1.98. The summed E-state index contributed by atoms with van der Waals surface area (Å²) in [5, 5.41) is 0.